The first-order valence-electron chi connectivity index (χ1n) is 9.49. The molecule has 3 aromatic rings. The highest BCUT2D eigenvalue weighted by molar-refractivity contribution is 6.30. The third-order valence-corrected chi connectivity index (χ3v) is 4.48. The van der Waals surface area contributed by atoms with Gasteiger partial charge in [-0.2, -0.15) is 5.10 Å². The number of hydrogen-bond donors (Lipinski definition) is 1. The topological polar surface area (TPSA) is 95.5 Å². The van der Waals surface area contributed by atoms with E-state index in [1.54, 1.807) is 66.7 Å². The van der Waals surface area contributed by atoms with Crippen LogP contribution in [0.3, 0.4) is 0 Å². The van der Waals surface area contributed by atoms with Crippen molar-refractivity contribution in [2.45, 2.75) is 0 Å². The Hall–Kier alpha value is -4.04. The summed E-state index contributed by atoms with van der Waals surface area (Å²) >= 11 is 5.87. The minimum atomic E-state index is -0.538. The third kappa shape index (κ3) is 5.55. The standard InChI is InChI=1S/C23H17ClN2O6/c24-17-4-2-5-18(11-17)29-13-22(27)26-25-12-15-3-1-6-19(9-15)32-23(28)16-7-8-20-21(10-16)31-14-30-20/h1-12H,13-14H2,(H,26,27)/b25-12-. The summed E-state index contributed by atoms with van der Waals surface area (Å²) in [5, 5.41) is 4.40. The Morgan fingerprint density at radius 1 is 1.00 bits per heavy atom. The summed E-state index contributed by atoms with van der Waals surface area (Å²) in [4.78, 5) is 24.3. The van der Waals surface area contributed by atoms with E-state index in [0.29, 0.717) is 39.1 Å². The Kier molecular flexibility index (Phi) is 6.52. The molecular weight excluding hydrogens is 436 g/mol. The Morgan fingerprint density at radius 3 is 2.69 bits per heavy atom. The highest BCUT2D eigenvalue weighted by Gasteiger charge is 2.17. The van der Waals surface area contributed by atoms with E-state index < -0.39 is 11.9 Å². The Labute approximate surface area is 188 Å². The van der Waals surface area contributed by atoms with Gasteiger partial charge in [-0.05, 0) is 54.1 Å². The average Bonchev–Trinajstić information content (AvgIpc) is 3.26. The van der Waals surface area contributed by atoms with Gasteiger partial charge < -0.3 is 18.9 Å². The van der Waals surface area contributed by atoms with Gasteiger partial charge in [-0.3, -0.25) is 4.79 Å². The number of fused-ring (bicyclic) bond motifs is 1. The van der Waals surface area contributed by atoms with Crippen LogP contribution in [0.15, 0.2) is 71.8 Å². The lowest BCUT2D eigenvalue weighted by atomic mass is 10.2. The highest BCUT2D eigenvalue weighted by atomic mass is 35.5. The lowest BCUT2D eigenvalue weighted by Crippen LogP contribution is -2.24. The number of nitrogens with zero attached hydrogens (tertiary/aromatic N) is 1. The predicted molar refractivity (Wildman–Crippen MR) is 117 cm³/mol. The monoisotopic (exact) mass is 452 g/mol. The number of esters is 1. The summed E-state index contributed by atoms with van der Waals surface area (Å²) in [6.45, 7) is -0.0939. The van der Waals surface area contributed by atoms with E-state index in [2.05, 4.69) is 10.5 Å². The van der Waals surface area contributed by atoms with Crippen molar-refractivity contribution in [3.8, 4) is 23.0 Å². The van der Waals surface area contributed by atoms with E-state index in [1.165, 1.54) is 6.21 Å². The van der Waals surface area contributed by atoms with Crippen LogP contribution in [-0.4, -0.2) is 31.5 Å². The van der Waals surface area contributed by atoms with Crippen LogP contribution < -0.4 is 24.4 Å². The number of carbonyl (C=O) groups is 2. The SMILES string of the molecule is O=C(COc1cccc(Cl)c1)N/N=C\c1cccc(OC(=O)c2ccc3c(c2)OCO3)c1. The molecule has 1 aliphatic rings. The van der Waals surface area contributed by atoms with Gasteiger partial charge in [0.2, 0.25) is 6.79 Å². The normalized spacial score (nSPS) is 11.9. The number of hydrogen-bond acceptors (Lipinski definition) is 7. The van der Waals surface area contributed by atoms with Crippen molar-refractivity contribution in [2.24, 2.45) is 5.10 Å². The maximum Gasteiger partial charge on any atom is 0.343 e. The quantitative estimate of drug-likeness (QED) is 0.253. The van der Waals surface area contributed by atoms with E-state index in [9.17, 15) is 9.59 Å². The van der Waals surface area contributed by atoms with Crippen molar-refractivity contribution in [2.75, 3.05) is 13.4 Å². The van der Waals surface area contributed by atoms with E-state index >= 15 is 0 Å². The van der Waals surface area contributed by atoms with Gasteiger partial charge in [-0.15, -0.1) is 0 Å². The molecule has 1 amide bonds. The van der Waals surface area contributed by atoms with Crippen LogP contribution in [0.1, 0.15) is 15.9 Å². The first kappa shape index (κ1) is 21.2. The molecule has 1 heterocycles. The summed E-state index contributed by atoms with van der Waals surface area (Å²) in [5.74, 6) is 0.909. The molecule has 162 valence electrons. The molecule has 1 N–H and O–H groups in total. The molecule has 4 rings (SSSR count). The second-order valence-electron chi connectivity index (χ2n) is 6.57. The molecule has 0 unspecified atom stereocenters. The predicted octanol–water partition coefficient (Wildman–Crippen LogP) is 3.82. The molecule has 0 atom stereocenters. The number of amides is 1. The van der Waals surface area contributed by atoms with E-state index in [0.717, 1.165) is 0 Å². The number of carbonyl (C=O) groups excluding carboxylic acids is 2. The van der Waals surface area contributed by atoms with Crippen LogP contribution in [0.2, 0.25) is 5.02 Å². The second-order valence-corrected chi connectivity index (χ2v) is 7.01. The fraction of sp³-hybridized carbons (Fsp3) is 0.0870. The summed E-state index contributed by atoms with van der Waals surface area (Å²) in [5.41, 5.74) is 3.32. The molecule has 0 bridgehead atoms. The van der Waals surface area contributed by atoms with E-state index in [4.69, 9.17) is 30.5 Å². The van der Waals surface area contributed by atoms with Gasteiger partial charge in [0.15, 0.2) is 18.1 Å². The Bertz CT molecular complexity index is 1180. The molecule has 0 radical (unpaired) electrons. The lowest BCUT2D eigenvalue weighted by molar-refractivity contribution is -0.123. The zero-order valence-electron chi connectivity index (χ0n) is 16.6. The fourth-order valence-corrected chi connectivity index (χ4v) is 2.94. The van der Waals surface area contributed by atoms with Crippen LogP contribution in [-0.2, 0) is 4.79 Å². The smallest absolute Gasteiger partial charge is 0.343 e. The molecule has 9 heteroatoms. The highest BCUT2D eigenvalue weighted by Crippen LogP contribution is 2.32. The van der Waals surface area contributed by atoms with Gasteiger partial charge in [0.1, 0.15) is 11.5 Å². The maximum absolute atomic E-state index is 12.4. The Morgan fingerprint density at radius 2 is 1.81 bits per heavy atom. The number of halogens is 1. The van der Waals surface area contributed by atoms with Crippen LogP contribution in [0, 0.1) is 0 Å². The van der Waals surface area contributed by atoms with Gasteiger partial charge in [0.05, 0.1) is 11.8 Å². The molecule has 0 saturated carbocycles. The summed E-state index contributed by atoms with van der Waals surface area (Å²) in [7, 11) is 0. The fourth-order valence-electron chi connectivity index (χ4n) is 2.76. The number of ether oxygens (including phenoxy) is 4. The summed E-state index contributed by atoms with van der Waals surface area (Å²) < 4.78 is 21.3. The van der Waals surface area contributed by atoms with Crippen LogP contribution in [0.25, 0.3) is 0 Å². The van der Waals surface area contributed by atoms with Gasteiger partial charge in [0.25, 0.3) is 5.91 Å². The average molecular weight is 453 g/mol. The van der Waals surface area contributed by atoms with Gasteiger partial charge >= 0.3 is 5.97 Å². The van der Waals surface area contributed by atoms with Crippen molar-refractivity contribution >= 4 is 29.7 Å². The second kappa shape index (κ2) is 9.84. The van der Waals surface area contributed by atoms with Crippen molar-refractivity contribution in [3.05, 3.63) is 82.9 Å². The zero-order chi connectivity index (χ0) is 22.3. The zero-order valence-corrected chi connectivity index (χ0v) is 17.4. The molecular formula is C23H17ClN2O6. The summed E-state index contributed by atoms with van der Waals surface area (Å²) in [6, 6.07) is 18.2. The molecule has 8 nitrogen and oxygen atoms in total. The molecule has 0 aliphatic carbocycles. The van der Waals surface area contributed by atoms with Crippen molar-refractivity contribution in [3.63, 3.8) is 0 Å². The maximum atomic E-state index is 12.4. The number of rotatable bonds is 7. The number of benzene rings is 3. The largest absolute Gasteiger partial charge is 0.484 e. The molecule has 32 heavy (non-hydrogen) atoms. The summed E-state index contributed by atoms with van der Waals surface area (Å²) in [6.07, 6.45) is 1.43. The lowest BCUT2D eigenvalue weighted by Gasteiger charge is -2.06. The van der Waals surface area contributed by atoms with Gasteiger partial charge in [-0.1, -0.05) is 29.8 Å². The van der Waals surface area contributed by atoms with Crippen LogP contribution in [0.4, 0.5) is 0 Å². The number of nitrogens with one attached hydrogen (secondary N) is 1. The molecule has 1 aliphatic heterocycles. The first-order chi connectivity index (χ1) is 15.6. The third-order valence-electron chi connectivity index (χ3n) is 4.25. The van der Waals surface area contributed by atoms with E-state index in [-0.39, 0.29) is 13.4 Å². The van der Waals surface area contributed by atoms with Crippen LogP contribution in [0.5, 0.6) is 23.0 Å². The van der Waals surface area contributed by atoms with E-state index in [1.807, 2.05) is 0 Å². The molecule has 0 saturated heterocycles. The molecule has 0 spiro atoms. The first-order valence-corrected chi connectivity index (χ1v) is 9.87. The molecule has 0 aromatic heterocycles. The van der Waals surface area contributed by atoms with Crippen molar-refractivity contribution in [1.29, 1.82) is 0 Å². The van der Waals surface area contributed by atoms with Gasteiger partial charge in [0, 0.05) is 5.02 Å². The Balaban J connectivity index is 1.30. The minimum Gasteiger partial charge on any atom is -0.484 e. The number of hydrazone groups is 1. The molecule has 3 aromatic carbocycles. The van der Waals surface area contributed by atoms with Crippen molar-refractivity contribution in [1.82, 2.24) is 5.43 Å². The van der Waals surface area contributed by atoms with Gasteiger partial charge in [-0.25, -0.2) is 10.2 Å². The van der Waals surface area contributed by atoms with Crippen molar-refractivity contribution < 1.29 is 28.5 Å². The molecule has 0 fully saturated rings. The minimum absolute atomic E-state index is 0.123. The van der Waals surface area contributed by atoms with Crippen LogP contribution >= 0.6 is 11.6 Å².